The SMILES string of the molecule is Cc1cc(C(=O)O)c(C)n1-c1ccccc1C(F)(F)F.[NH-]CCc1cccc(Cl)c1. The third-order valence-electron chi connectivity index (χ3n) is 4.41. The number of carbonyl (C=O) groups is 1. The number of halogens is 4. The lowest BCUT2D eigenvalue weighted by Gasteiger charge is -2.16. The molecule has 2 aromatic carbocycles. The third-order valence-corrected chi connectivity index (χ3v) is 4.65. The summed E-state index contributed by atoms with van der Waals surface area (Å²) in [5.41, 5.74) is 7.96. The highest BCUT2D eigenvalue weighted by Crippen LogP contribution is 2.35. The first kappa shape index (κ1) is 23.5. The van der Waals surface area contributed by atoms with Gasteiger partial charge in [-0.3, -0.25) is 0 Å². The van der Waals surface area contributed by atoms with Crippen LogP contribution in [0.4, 0.5) is 13.2 Å². The normalized spacial score (nSPS) is 11.0. The molecule has 0 spiro atoms. The molecule has 0 saturated heterocycles. The fourth-order valence-corrected chi connectivity index (χ4v) is 3.31. The summed E-state index contributed by atoms with van der Waals surface area (Å²) in [4.78, 5) is 11.1. The summed E-state index contributed by atoms with van der Waals surface area (Å²) in [5.74, 6) is -1.16. The van der Waals surface area contributed by atoms with Crippen molar-refractivity contribution in [1.82, 2.24) is 4.57 Å². The molecule has 0 aliphatic carbocycles. The predicted octanol–water partition coefficient (Wildman–Crippen LogP) is 6.75. The van der Waals surface area contributed by atoms with Crippen LogP contribution >= 0.6 is 11.6 Å². The lowest BCUT2D eigenvalue weighted by Crippen LogP contribution is -2.12. The molecule has 0 aliphatic rings. The molecule has 30 heavy (non-hydrogen) atoms. The number of nitrogens with one attached hydrogen (secondary N) is 1. The van der Waals surface area contributed by atoms with Crippen molar-refractivity contribution in [3.05, 3.63) is 93.4 Å². The maximum Gasteiger partial charge on any atom is 0.418 e. The first-order valence-electron chi connectivity index (χ1n) is 9.04. The highest BCUT2D eigenvalue weighted by atomic mass is 35.5. The van der Waals surface area contributed by atoms with Crippen molar-refractivity contribution < 1.29 is 23.1 Å². The van der Waals surface area contributed by atoms with Crippen molar-refractivity contribution in [2.45, 2.75) is 26.4 Å². The molecule has 4 nitrogen and oxygen atoms in total. The van der Waals surface area contributed by atoms with Gasteiger partial charge in [0.15, 0.2) is 0 Å². The fourth-order valence-electron chi connectivity index (χ4n) is 3.10. The van der Waals surface area contributed by atoms with E-state index in [1.54, 1.807) is 6.92 Å². The van der Waals surface area contributed by atoms with Gasteiger partial charge in [0.05, 0.1) is 16.8 Å². The maximum absolute atomic E-state index is 13.0. The van der Waals surface area contributed by atoms with E-state index in [2.05, 4.69) is 0 Å². The van der Waals surface area contributed by atoms with Gasteiger partial charge in [0.25, 0.3) is 0 Å². The first-order chi connectivity index (χ1) is 14.1. The molecule has 2 N–H and O–H groups in total. The topological polar surface area (TPSA) is 66.0 Å². The Labute approximate surface area is 177 Å². The zero-order valence-corrected chi connectivity index (χ0v) is 17.2. The molecule has 0 fully saturated rings. The van der Waals surface area contributed by atoms with E-state index in [0.29, 0.717) is 12.2 Å². The van der Waals surface area contributed by atoms with E-state index in [0.717, 1.165) is 23.1 Å². The molecule has 8 heteroatoms. The monoisotopic (exact) mass is 437 g/mol. The molecule has 0 saturated carbocycles. The van der Waals surface area contributed by atoms with E-state index in [9.17, 15) is 18.0 Å². The van der Waals surface area contributed by atoms with Crippen LogP contribution in [0.25, 0.3) is 11.4 Å². The molecule has 0 atom stereocenters. The van der Waals surface area contributed by atoms with Crippen molar-refractivity contribution in [2.24, 2.45) is 0 Å². The Morgan fingerprint density at radius 1 is 1.10 bits per heavy atom. The summed E-state index contributed by atoms with van der Waals surface area (Å²) < 4.78 is 40.4. The Hall–Kier alpha value is -2.77. The zero-order valence-electron chi connectivity index (χ0n) is 16.4. The molecule has 160 valence electrons. The van der Waals surface area contributed by atoms with Gasteiger partial charge in [-0.1, -0.05) is 35.9 Å². The molecule has 0 bridgehead atoms. The molecular formula is C22H21ClF3N2O2-. The number of hydrogen-bond donors (Lipinski definition) is 1. The molecule has 0 radical (unpaired) electrons. The molecule has 0 amide bonds. The highest BCUT2D eigenvalue weighted by Gasteiger charge is 2.34. The van der Waals surface area contributed by atoms with Gasteiger partial charge in [-0.15, -0.1) is 6.54 Å². The number of benzene rings is 2. The van der Waals surface area contributed by atoms with Crippen LogP contribution < -0.4 is 0 Å². The van der Waals surface area contributed by atoms with E-state index in [-0.39, 0.29) is 16.9 Å². The third kappa shape index (κ3) is 5.64. The van der Waals surface area contributed by atoms with Gasteiger partial charge in [-0.2, -0.15) is 13.2 Å². The average molecular weight is 438 g/mol. The number of para-hydroxylation sites is 1. The standard InChI is InChI=1S/C14H12F3NO2.C8H9ClN/c1-8-7-10(13(19)20)9(2)18(8)12-6-4-3-5-11(12)14(15,16)17;9-8-3-1-2-7(6-8)4-5-10/h3-7H,1-2H3,(H,19,20);1-3,6,10H,4-5H2/q;-1. The van der Waals surface area contributed by atoms with Gasteiger partial charge in [-0.05, 0) is 56.2 Å². The average Bonchev–Trinajstić information content (AvgIpc) is 2.96. The number of hydrogen-bond acceptors (Lipinski definition) is 1. The van der Waals surface area contributed by atoms with Gasteiger partial charge in [0.2, 0.25) is 0 Å². The summed E-state index contributed by atoms with van der Waals surface area (Å²) in [6.07, 6.45) is -3.70. The minimum absolute atomic E-state index is 0.000484. The van der Waals surface area contributed by atoms with Crippen molar-refractivity contribution in [3.63, 3.8) is 0 Å². The molecular weight excluding hydrogens is 417 g/mol. The van der Waals surface area contributed by atoms with E-state index < -0.39 is 17.7 Å². The van der Waals surface area contributed by atoms with Crippen LogP contribution in [0, 0.1) is 13.8 Å². The van der Waals surface area contributed by atoms with Crippen LogP contribution in [0.1, 0.15) is 32.9 Å². The zero-order chi connectivity index (χ0) is 22.5. The Bertz CT molecular complexity index is 1030. The van der Waals surface area contributed by atoms with Gasteiger partial charge >= 0.3 is 12.1 Å². The Morgan fingerprint density at radius 3 is 2.30 bits per heavy atom. The number of carboxylic acid groups (broad SMARTS) is 1. The Morgan fingerprint density at radius 2 is 1.77 bits per heavy atom. The number of nitrogens with zero attached hydrogens (tertiary/aromatic N) is 1. The molecule has 0 aliphatic heterocycles. The van der Waals surface area contributed by atoms with Crippen LogP contribution in [-0.2, 0) is 12.6 Å². The van der Waals surface area contributed by atoms with Gasteiger partial charge < -0.3 is 15.4 Å². The summed E-state index contributed by atoms with van der Waals surface area (Å²) >= 11 is 5.72. The second-order valence-electron chi connectivity index (χ2n) is 6.57. The highest BCUT2D eigenvalue weighted by molar-refractivity contribution is 6.30. The minimum atomic E-state index is -4.50. The van der Waals surface area contributed by atoms with Crippen LogP contribution in [0.3, 0.4) is 0 Å². The van der Waals surface area contributed by atoms with Gasteiger partial charge in [-0.25, -0.2) is 4.79 Å². The molecule has 1 aromatic heterocycles. The summed E-state index contributed by atoms with van der Waals surface area (Å²) in [7, 11) is 0. The maximum atomic E-state index is 13.0. The largest absolute Gasteiger partial charge is 0.677 e. The van der Waals surface area contributed by atoms with E-state index in [1.807, 2.05) is 24.3 Å². The number of rotatable bonds is 4. The molecule has 0 unspecified atom stereocenters. The number of carboxylic acids is 1. The molecule has 3 aromatic rings. The lowest BCUT2D eigenvalue weighted by molar-refractivity contribution is -0.137. The number of aromatic nitrogens is 1. The second kappa shape index (κ2) is 9.82. The Balaban J connectivity index is 0.000000269. The summed E-state index contributed by atoms with van der Waals surface area (Å²) in [6, 6.07) is 14.1. The van der Waals surface area contributed by atoms with Crippen LogP contribution in [0.2, 0.25) is 5.02 Å². The van der Waals surface area contributed by atoms with Gasteiger partial charge in [0.1, 0.15) is 0 Å². The minimum Gasteiger partial charge on any atom is -0.677 e. The van der Waals surface area contributed by atoms with Crippen molar-refractivity contribution in [3.8, 4) is 5.69 Å². The number of aryl methyl sites for hydroxylation is 1. The van der Waals surface area contributed by atoms with Crippen molar-refractivity contribution >= 4 is 17.6 Å². The number of alkyl halides is 3. The summed E-state index contributed by atoms with van der Waals surface area (Å²) in [5, 5.41) is 9.80. The number of aromatic carboxylic acids is 1. The van der Waals surface area contributed by atoms with Crippen LogP contribution in [0.5, 0.6) is 0 Å². The quantitative estimate of drug-likeness (QED) is 0.490. The predicted molar refractivity (Wildman–Crippen MR) is 112 cm³/mol. The second-order valence-corrected chi connectivity index (χ2v) is 7.01. The van der Waals surface area contributed by atoms with E-state index in [1.165, 1.54) is 35.8 Å². The lowest BCUT2D eigenvalue weighted by atomic mass is 10.1. The van der Waals surface area contributed by atoms with E-state index >= 15 is 0 Å². The summed E-state index contributed by atoms with van der Waals surface area (Å²) in [6.45, 7) is 3.50. The molecule has 1 heterocycles. The molecule has 3 rings (SSSR count). The fraction of sp³-hybridized carbons (Fsp3) is 0.227. The van der Waals surface area contributed by atoms with Gasteiger partial charge in [0, 0.05) is 16.4 Å². The Kier molecular flexibility index (Phi) is 7.70. The van der Waals surface area contributed by atoms with Crippen molar-refractivity contribution in [1.29, 1.82) is 0 Å². The first-order valence-corrected chi connectivity index (χ1v) is 9.42. The van der Waals surface area contributed by atoms with Crippen LogP contribution in [-0.4, -0.2) is 22.2 Å². The van der Waals surface area contributed by atoms with Crippen molar-refractivity contribution in [2.75, 3.05) is 6.54 Å². The van der Waals surface area contributed by atoms with E-state index in [4.69, 9.17) is 22.4 Å². The van der Waals surface area contributed by atoms with Crippen LogP contribution in [0.15, 0.2) is 54.6 Å². The smallest absolute Gasteiger partial charge is 0.418 e.